The van der Waals surface area contributed by atoms with Gasteiger partial charge in [-0.25, -0.2) is 0 Å². The highest BCUT2D eigenvalue weighted by Gasteiger charge is 2.28. The van der Waals surface area contributed by atoms with Gasteiger partial charge in [0.2, 0.25) is 0 Å². The third-order valence-electron chi connectivity index (χ3n) is 17.9. The molecule has 0 aliphatic heterocycles. The van der Waals surface area contributed by atoms with Crippen molar-refractivity contribution >= 4 is 132 Å². The van der Waals surface area contributed by atoms with Crippen molar-refractivity contribution in [2.45, 2.75) is 0 Å². The fourth-order valence-electron chi connectivity index (χ4n) is 13.9. The van der Waals surface area contributed by atoms with E-state index in [9.17, 15) is 0 Å². The van der Waals surface area contributed by atoms with E-state index in [-0.39, 0.29) is 0 Å². The van der Waals surface area contributed by atoms with Crippen LogP contribution in [0, 0.1) is 0 Å². The summed E-state index contributed by atoms with van der Waals surface area (Å²) < 4.78 is 20.0. The van der Waals surface area contributed by atoms with Gasteiger partial charge in [0.15, 0.2) is 11.2 Å². The number of hydrogen-bond acceptors (Lipinski definition) is 4. The van der Waals surface area contributed by atoms with Crippen molar-refractivity contribution < 1.29 is 8.83 Å². The van der Waals surface area contributed by atoms with Gasteiger partial charge in [0.25, 0.3) is 0 Å². The van der Waals surface area contributed by atoms with Gasteiger partial charge in [0.1, 0.15) is 11.2 Å². The Morgan fingerprint density at radius 2 is 0.500 bits per heavy atom. The first-order chi connectivity index (χ1) is 43.7. The van der Waals surface area contributed by atoms with E-state index in [0.717, 1.165) is 133 Å². The van der Waals surface area contributed by atoms with Crippen LogP contribution in [0.3, 0.4) is 0 Å². The van der Waals surface area contributed by atoms with Crippen molar-refractivity contribution in [2.75, 3.05) is 9.80 Å². The Balaban J connectivity index is 0.934. The number of anilines is 6. The first kappa shape index (κ1) is 49.6. The Bertz CT molecular complexity index is 5260. The van der Waals surface area contributed by atoms with E-state index in [1.807, 2.05) is 0 Å². The first-order valence-corrected chi connectivity index (χ1v) is 30.0. The Hall–Kier alpha value is -11.9. The number of hydrogen-bond donors (Lipinski definition) is 0. The molecule has 0 saturated heterocycles. The second kappa shape index (κ2) is 19.9. The maximum atomic E-state index is 7.58. The molecule has 18 aromatic rings. The molecule has 4 aromatic heterocycles. The molecule has 88 heavy (non-hydrogen) atoms. The number of benzene rings is 14. The quantitative estimate of drug-likeness (QED) is 0.137. The summed E-state index contributed by atoms with van der Waals surface area (Å²) >= 11 is 0. The van der Waals surface area contributed by atoms with Gasteiger partial charge in [-0.3, -0.25) is 0 Å². The van der Waals surface area contributed by atoms with Crippen LogP contribution in [0.5, 0.6) is 0 Å². The first-order valence-electron chi connectivity index (χ1n) is 30.0. The van der Waals surface area contributed by atoms with Crippen molar-refractivity contribution in [1.29, 1.82) is 0 Å². The van der Waals surface area contributed by atoms with Gasteiger partial charge in [-0.15, -0.1) is 0 Å². The third-order valence-corrected chi connectivity index (χ3v) is 17.9. The molecule has 0 aliphatic carbocycles. The molecule has 0 fully saturated rings. The van der Waals surface area contributed by atoms with Gasteiger partial charge in [-0.2, -0.15) is 0 Å². The molecule has 0 unspecified atom stereocenters. The van der Waals surface area contributed by atoms with Crippen LogP contribution in [0.25, 0.3) is 132 Å². The van der Waals surface area contributed by atoms with Crippen molar-refractivity contribution in [3.8, 4) is 33.6 Å². The summed E-state index contributed by atoms with van der Waals surface area (Å²) in [5.74, 6) is 0. The van der Waals surface area contributed by atoms with Gasteiger partial charge in [0.05, 0.1) is 33.4 Å². The number of aromatic nitrogens is 2. The summed E-state index contributed by atoms with van der Waals surface area (Å²) in [4.78, 5) is 4.64. The Morgan fingerprint density at radius 1 is 0.216 bits per heavy atom. The van der Waals surface area contributed by atoms with Gasteiger partial charge >= 0.3 is 0 Å². The predicted octanol–water partition coefficient (Wildman–Crippen LogP) is 23.1. The van der Waals surface area contributed by atoms with Crippen LogP contribution < -0.4 is 9.80 Å². The van der Waals surface area contributed by atoms with Gasteiger partial charge < -0.3 is 27.8 Å². The summed E-state index contributed by atoms with van der Waals surface area (Å²) in [6.07, 6.45) is 0. The minimum atomic E-state index is 0.780. The van der Waals surface area contributed by atoms with Crippen LogP contribution >= 0.6 is 0 Å². The largest absolute Gasteiger partial charge is 0.454 e. The fourth-order valence-corrected chi connectivity index (χ4v) is 13.9. The van der Waals surface area contributed by atoms with E-state index in [2.05, 4.69) is 334 Å². The average Bonchev–Trinajstić information content (AvgIpc) is 1.73. The smallest absolute Gasteiger partial charge is 0.160 e. The molecular weight excluding hydrogens is 1070 g/mol. The molecule has 14 aromatic carbocycles. The molecular formula is C82H52N4O2. The van der Waals surface area contributed by atoms with Gasteiger partial charge in [0, 0.05) is 89.3 Å². The molecule has 0 atom stereocenters. The molecule has 18 rings (SSSR count). The molecule has 0 bridgehead atoms. The number of rotatable bonds is 10. The molecule has 412 valence electrons. The summed E-state index contributed by atoms with van der Waals surface area (Å²) in [6, 6.07) is 113. The zero-order chi connectivity index (χ0) is 57.8. The summed E-state index contributed by atoms with van der Waals surface area (Å²) in [5.41, 5.74) is 20.2. The highest BCUT2D eigenvalue weighted by molar-refractivity contribution is 6.31. The third kappa shape index (κ3) is 7.76. The van der Waals surface area contributed by atoms with Crippen LogP contribution in [-0.4, -0.2) is 9.13 Å². The summed E-state index contributed by atoms with van der Waals surface area (Å²) in [7, 11) is 0. The topological polar surface area (TPSA) is 42.6 Å². The van der Waals surface area contributed by atoms with Crippen LogP contribution in [0.4, 0.5) is 34.1 Å². The number of furan rings is 2. The second-order valence-corrected chi connectivity index (χ2v) is 22.8. The molecule has 0 aliphatic rings. The lowest BCUT2D eigenvalue weighted by Gasteiger charge is -2.25. The monoisotopic (exact) mass is 1120 g/mol. The zero-order valence-corrected chi connectivity index (χ0v) is 47.6. The maximum absolute atomic E-state index is 7.58. The number of nitrogens with zero attached hydrogens (tertiary/aromatic N) is 4. The molecule has 6 nitrogen and oxygen atoms in total. The van der Waals surface area contributed by atoms with Crippen LogP contribution in [0.2, 0.25) is 0 Å². The van der Waals surface area contributed by atoms with E-state index in [1.165, 1.54) is 32.7 Å². The SMILES string of the molecule is c1ccc(-c2ccc(N(c3ccccc3)c3ccc4c(c3)oc3c(-n5c6ccccc6c6ccccc65)cc5c(cc(-n6c7ccccc7c7ccccc76)c6oc7cc(N(c8ccccc8)c8ccc(-c9ccccc9)cc8)ccc7c65)c34)cc2)cc1. The van der Waals surface area contributed by atoms with Crippen LogP contribution in [0.15, 0.2) is 324 Å². The lowest BCUT2D eigenvalue weighted by molar-refractivity contribution is 0.665. The zero-order valence-electron chi connectivity index (χ0n) is 47.6. The lowest BCUT2D eigenvalue weighted by atomic mass is 9.96. The fraction of sp³-hybridized carbons (Fsp3) is 0. The molecule has 4 heterocycles. The normalized spacial score (nSPS) is 11.9. The van der Waals surface area contributed by atoms with E-state index in [4.69, 9.17) is 8.83 Å². The maximum Gasteiger partial charge on any atom is 0.160 e. The van der Waals surface area contributed by atoms with Crippen molar-refractivity contribution in [2.24, 2.45) is 0 Å². The standard InChI is InChI=1S/C82H52N4O2/c1-5-21-53(22-6-1)55-37-41-59(42-38-55)83(57-25-9-3-10-26-57)61-45-47-67-77(49-61)87-81-75(85-71-33-17-13-29-63(71)64-30-14-18-34-72(64)85)52-70-69(79(67)81)51-76(86-73-35-19-15-31-65(73)66-32-16-20-36-74(66)86)82-80(70)68-48-46-62(50-78(68)88-82)84(58-27-11-4-12-28-58)60-43-39-56(40-44-60)54-23-7-2-8-24-54/h1-52H. The highest BCUT2D eigenvalue weighted by Crippen LogP contribution is 2.50. The highest BCUT2D eigenvalue weighted by atomic mass is 16.3. The van der Waals surface area contributed by atoms with E-state index >= 15 is 0 Å². The Labute approximate surface area is 506 Å². The lowest BCUT2D eigenvalue weighted by Crippen LogP contribution is -2.09. The Morgan fingerprint density at radius 3 is 0.852 bits per heavy atom. The van der Waals surface area contributed by atoms with Crippen LogP contribution in [-0.2, 0) is 0 Å². The number of fused-ring (bicyclic) bond motifs is 15. The van der Waals surface area contributed by atoms with E-state index < -0.39 is 0 Å². The van der Waals surface area contributed by atoms with Crippen molar-refractivity contribution in [3.05, 3.63) is 315 Å². The second-order valence-electron chi connectivity index (χ2n) is 22.8. The minimum absolute atomic E-state index is 0.780. The van der Waals surface area contributed by atoms with Crippen LogP contribution in [0.1, 0.15) is 0 Å². The molecule has 0 radical (unpaired) electrons. The minimum Gasteiger partial charge on any atom is -0.454 e. The van der Waals surface area contributed by atoms with Crippen molar-refractivity contribution in [1.82, 2.24) is 9.13 Å². The molecule has 0 N–H and O–H groups in total. The van der Waals surface area contributed by atoms with E-state index in [1.54, 1.807) is 0 Å². The molecule has 0 spiro atoms. The van der Waals surface area contributed by atoms with Crippen molar-refractivity contribution in [3.63, 3.8) is 0 Å². The van der Waals surface area contributed by atoms with Gasteiger partial charge in [-0.05, 0) is 142 Å². The van der Waals surface area contributed by atoms with E-state index in [0.29, 0.717) is 0 Å². The molecule has 6 heteroatoms. The summed E-state index contributed by atoms with van der Waals surface area (Å²) in [5, 5.41) is 10.9. The Kier molecular flexibility index (Phi) is 11.2. The molecule has 0 saturated carbocycles. The molecule has 0 amide bonds. The summed E-state index contributed by atoms with van der Waals surface area (Å²) in [6.45, 7) is 0. The predicted molar refractivity (Wildman–Crippen MR) is 367 cm³/mol. The van der Waals surface area contributed by atoms with Gasteiger partial charge in [-0.1, -0.05) is 194 Å². The average molecular weight is 1130 g/mol. The number of para-hydroxylation sites is 6.